The molecule has 1 aromatic rings. The molecular weight excluding hydrogens is 650 g/mol. The van der Waals surface area contributed by atoms with Crippen molar-refractivity contribution in [3.05, 3.63) is 47.0 Å². The van der Waals surface area contributed by atoms with Gasteiger partial charge in [0, 0.05) is 23.8 Å². The number of aliphatic hydroxyl groups excluding tert-OH is 1. The Kier molecular flexibility index (Phi) is 10.3. The maximum absolute atomic E-state index is 14.0. The van der Waals surface area contributed by atoms with Crippen molar-refractivity contribution in [2.24, 2.45) is 56.2 Å². The quantitative estimate of drug-likeness (QED) is 0.155. The van der Waals surface area contributed by atoms with Crippen molar-refractivity contribution in [2.45, 2.75) is 145 Å². The fraction of sp³-hybridized carbons (Fsp3) is 0.756. The second kappa shape index (κ2) is 13.7. The Hall–Kier alpha value is -2.51. The maximum atomic E-state index is 14.0. The van der Waals surface area contributed by atoms with Gasteiger partial charge in [-0.3, -0.25) is 14.4 Å². The number of Topliss-reactive ketones (excluding diaryl/α,β-unsaturated/α-hetero) is 1. The van der Waals surface area contributed by atoms with E-state index in [1.54, 1.807) is 13.8 Å². The number of aliphatic hydroxyl groups is 1. The number of hydrogen-bond acceptors (Lipinski definition) is 6. The number of fused-ring (bicyclic) bond motifs is 7. The molecule has 288 valence electrons. The van der Waals surface area contributed by atoms with E-state index in [9.17, 15) is 24.6 Å². The van der Waals surface area contributed by atoms with Crippen LogP contribution in [0.25, 0.3) is 0 Å². The highest BCUT2D eigenvalue weighted by atomic mass is 16.5. The molecule has 6 rings (SSSR count). The first-order chi connectivity index (χ1) is 24.2. The van der Waals surface area contributed by atoms with Crippen molar-refractivity contribution >= 4 is 17.7 Å². The minimum atomic E-state index is -1.16. The number of aliphatic carboxylic acids is 1. The molecule has 4 fully saturated rings. The summed E-state index contributed by atoms with van der Waals surface area (Å²) in [6.45, 7) is 21.0. The first-order valence-electron chi connectivity index (χ1n) is 20.4. The first kappa shape index (κ1) is 39.2. The number of benzene rings is 1. The van der Waals surface area contributed by atoms with Crippen LogP contribution >= 0.6 is 0 Å². The average molecular weight is 718 g/mol. The highest BCUT2D eigenvalue weighted by Crippen LogP contribution is 2.77. The highest BCUT2D eigenvalue weighted by Gasteiger charge is 2.70. The Bertz CT molecular complexity index is 1580. The van der Waals surface area contributed by atoms with Gasteiger partial charge < -0.3 is 20.3 Å². The zero-order valence-electron chi connectivity index (χ0n) is 33.6. The largest absolute Gasteiger partial charge is 0.481 e. The molecule has 0 heterocycles. The number of rotatable bonds is 11. The van der Waals surface area contributed by atoms with Gasteiger partial charge in [0.2, 0.25) is 0 Å². The average Bonchev–Trinajstić information content (AvgIpc) is 3.38. The molecule has 0 unspecified atom stereocenters. The van der Waals surface area contributed by atoms with Gasteiger partial charge in [0.25, 0.3) is 0 Å². The van der Waals surface area contributed by atoms with Crippen molar-refractivity contribution in [1.29, 1.82) is 0 Å². The minimum absolute atomic E-state index is 0.00379. The maximum Gasteiger partial charge on any atom is 0.309 e. The van der Waals surface area contributed by atoms with E-state index in [2.05, 4.69) is 78.0 Å². The second-order valence-electron chi connectivity index (χ2n) is 20.0. The summed E-state index contributed by atoms with van der Waals surface area (Å²) in [6, 6.07) is 10.4. The number of ether oxygens (including phenoxy) is 1. The summed E-state index contributed by atoms with van der Waals surface area (Å²) in [7, 11) is 0. The number of hydrogen-bond donors (Lipinski definition) is 3. The van der Waals surface area contributed by atoms with Crippen LogP contribution < -0.4 is 5.32 Å². The van der Waals surface area contributed by atoms with Crippen LogP contribution in [0.4, 0.5) is 0 Å². The van der Waals surface area contributed by atoms with Gasteiger partial charge in [0.1, 0.15) is 6.10 Å². The molecule has 1 aromatic carbocycles. The topological polar surface area (TPSA) is 113 Å². The molecule has 9 atom stereocenters. The van der Waals surface area contributed by atoms with E-state index in [0.29, 0.717) is 24.8 Å². The number of carbonyl (C=O) groups excluding carboxylic acids is 2. The molecule has 0 saturated heterocycles. The van der Waals surface area contributed by atoms with Crippen LogP contribution in [0, 0.1) is 56.2 Å². The van der Waals surface area contributed by atoms with Crippen LogP contribution in [0.3, 0.4) is 0 Å². The van der Waals surface area contributed by atoms with E-state index in [4.69, 9.17) is 4.74 Å². The van der Waals surface area contributed by atoms with Gasteiger partial charge in [0.15, 0.2) is 5.78 Å². The lowest BCUT2D eigenvalue weighted by molar-refractivity contribution is -0.235. The molecule has 5 aliphatic carbocycles. The van der Waals surface area contributed by atoms with E-state index < -0.39 is 28.9 Å². The van der Waals surface area contributed by atoms with Gasteiger partial charge in [-0.25, -0.2) is 0 Å². The number of ketones is 1. The zero-order chi connectivity index (χ0) is 38.1. The molecule has 0 aliphatic heterocycles. The molecule has 52 heavy (non-hydrogen) atoms. The van der Waals surface area contributed by atoms with Crippen LogP contribution in [0.1, 0.15) is 132 Å². The first-order valence-corrected chi connectivity index (χ1v) is 20.4. The van der Waals surface area contributed by atoms with Gasteiger partial charge in [-0.15, -0.1) is 0 Å². The van der Waals surface area contributed by atoms with Gasteiger partial charge in [-0.05, 0) is 129 Å². The fourth-order valence-corrected chi connectivity index (χ4v) is 13.2. The molecule has 4 saturated carbocycles. The lowest BCUT2D eigenvalue weighted by atomic mass is 9.33. The second-order valence-corrected chi connectivity index (χ2v) is 20.0. The smallest absolute Gasteiger partial charge is 0.309 e. The molecule has 0 spiro atoms. The third-order valence-corrected chi connectivity index (χ3v) is 16.3. The molecule has 7 nitrogen and oxygen atoms in total. The number of carboxylic acid groups (broad SMARTS) is 1. The monoisotopic (exact) mass is 717 g/mol. The van der Waals surface area contributed by atoms with E-state index in [0.717, 1.165) is 69.9 Å². The molecule has 5 aliphatic rings. The van der Waals surface area contributed by atoms with Gasteiger partial charge in [-0.1, -0.05) is 84.4 Å². The third-order valence-electron chi connectivity index (χ3n) is 16.3. The van der Waals surface area contributed by atoms with E-state index in [-0.39, 0.29) is 51.8 Å². The molecule has 0 radical (unpaired) electrons. The van der Waals surface area contributed by atoms with Gasteiger partial charge in [-0.2, -0.15) is 0 Å². The number of carboxylic acids is 1. The highest BCUT2D eigenvalue weighted by molar-refractivity contribution is 6.00. The Labute approximate surface area is 313 Å². The predicted octanol–water partition coefficient (Wildman–Crippen LogP) is 8.57. The van der Waals surface area contributed by atoms with Crippen molar-refractivity contribution in [1.82, 2.24) is 5.32 Å². The summed E-state index contributed by atoms with van der Waals surface area (Å²) in [5.41, 5.74) is 1.85. The Morgan fingerprint density at radius 3 is 2.27 bits per heavy atom. The zero-order valence-corrected chi connectivity index (χ0v) is 33.6. The van der Waals surface area contributed by atoms with E-state index in [1.807, 2.05) is 6.07 Å². The summed E-state index contributed by atoms with van der Waals surface area (Å²) in [4.78, 5) is 38.8. The SMILES string of the molecule is CC(C)C1=C2[C@H]3CC[C@@H]4[C@@]5(C)CC[C@H](OC(=O)CC(C)(C)C(=O)O)C(C)(C)[C@H]5CC[C@@]4(C)[C@]3(C)CC[C@@]2([C@@H](O)CNCCc2ccccc2)CC1=O. The number of esters is 1. The normalized spacial score (nSPS) is 37.5. The lowest BCUT2D eigenvalue weighted by Crippen LogP contribution is -2.66. The van der Waals surface area contributed by atoms with Crippen molar-refractivity contribution in [2.75, 3.05) is 13.1 Å². The molecule has 0 bridgehead atoms. The Morgan fingerprint density at radius 1 is 0.923 bits per heavy atom. The summed E-state index contributed by atoms with van der Waals surface area (Å²) >= 11 is 0. The summed E-state index contributed by atoms with van der Waals surface area (Å²) in [6.07, 6.45) is 8.28. The fourth-order valence-electron chi connectivity index (χ4n) is 13.2. The minimum Gasteiger partial charge on any atom is -0.481 e. The number of allylic oxidation sites excluding steroid dienone is 1. The van der Waals surface area contributed by atoms with Gasteiger partial charge >= 0.3 is 11.9 Å². The van der Waals surface area contributed by atoms with Crippen LogP contribution in [0.5, 0.6) is 0 Å². The van der Waals surface area contributed by atoms with Crippen molar-refractivity contribution < 1.29 is 29.3 Å². The Balaban J connectivity index is 1.24. The van der Waals surface area contributed by atoms with Crippen LogP contribution in [0.15, 0.2) is 41.5 Å². The van der Waals surface area contributed by atoms with Crippen LogP contribution in [0.2, 0.25) is 0 Å². The van der Waals surface area contributed by atoms with Gasteiger partial charge in [0.05, 0.1) is 17.9 Å². The van der Waals surface area contributed by atoms with Crippen molar-refractivity contribution in [3.8, 4) is 0 Å². The molecular formula is C45H67NO6. The Morgan fingerprint density at radius 2 is 1.62 bits per heavy atom. The molecule has 0 amide bonds. The number of nitrogens with one attached hydrogen (secondary N) is 1. The molecule has 7 heteroatoms. The van der Waals surface area contributed by atoms with E-state index >= 15 is 0 Å². The number of carbonyl (C=O) groups is 3. The van der Waals surface area contributed by atoms with Crippen molar-refractivity contribution in [3.63, 3.8) is 0 Å². The summed E-state index contributed by atoms with van der Waals surface area (Å²) < 4.78 is 6.17. The standard InChI is InChI=1S/C45H67NO6/c1-28(2)37-31(47)25-45(34(48)27-46-24-19-29-13-11-10-12-14-29)23-22-43(8)30(38(37)45)15-16-33-42(7)20-18-35(52-36(49)26-40(3,4)39(50)51)41(5,6)32(42)17-21-44(33,43)9/h10-14,28,30,32-35,46,48H,15-27H2,1-9H3,(H,50,51)/t30-,32-,33-,34+,35+,42+,43-,44-,45+/m1/s1. The molecule has 3 N–H and O–H groups in total. The van der Waals surface area contributed by atoms with Crippen LogP contribution in [-0.4, -0.2) is 53.2 Å². The predicted molar refractivity (Wildman–Crippen MR) is 204 cm³/mol. The van der Waals surface area contributed by atoms with Crippen LogP contribution in [-0.2, 0) is 25.5 Å². The lowest BCUT2D eigenvalue weighted by Gasteiger charge is -2.72. The summed E-state index contributed by atoms with van der Waals surface area (Å²) in [5.74, 6) is 0.126. The third kappa shape index (κ3) is 6.12. The summed E-state index contributed by atoms with van der Waals surface area (Å²) in [5, 5.41) is 25.3. The van der Waals surface area contributed by atoms with E-state index in [1.165, 1.54) is 11.1 Å². The molecule has 0 aromatic heterocycles.